The molecule has 70 valence electrons. The average Bonchev–Trinajstić information content (AvgIpc) is 2.11. The monoisotopic (exact) mass is 176 g/mol. The maximum atomic E-state index is 10.5. The van der Waals surface area contributed by atoms with Gasteiger partial charge in [-0.1, -0.05) is 6.08 Å². The van der Waals surface area contributed by atoms with Crippen LogP contribution >= 0.6 is 0 Å². The zero-order valence-corrected chi connectivity index (χ0v) is 6.67. The normalized spacial score (nSPS) is 16.0. The number of aliphatic hydroxyl groups is 3. The molecule has 0 bridgehead atoms. The summed E-state index contributed by atoms with van der Waals surface area (Å²) in [4.78, 5) is 10.5. The molecule has 3 N–H and O–H groups in total. The van der Waals surface area contributed by atoms with E-state index in [1.165, 1.54) is 0 Å². The Bertz CT molecular complexity index is 165. The van der Waals surface area contributed by atoms with E-state index in [1.54, 1.807) is 0 Å². The maximum Gasteiger partial charge on any atom is 0.338 e. The molecule has 2 unspecified atom stereocenters. The topological polar surface area (TPSA) is 87.0 Å². The van der Waals surface area contributed by atoms with Gasteiger partial charge in [0.15, 0.2) is 6.10 Å². The van der Waals surface area contributed by atoms with Gasteiger partial charge in [-0.3, -0.25) is 0 Å². The molecule has 0 spiro atoms. The van der Waals surface area contributed by atoms with Crippen LogP contribution in [0.3, 0.4) is 0 Å². The summed E-state index contributed by atoms with van der Waals surface area (Å²) in [7, 11) is 1.14. The molecule has 0 saturated carbocycles. The number of rotatable bonds is 4. The molecule has 0 heterocycles. The summed E-state index contributed by atoms with van der Waals surface area (Å²) in [6.45, 7) is -0.454. The van der Waals surface area contributed by atoms with E-state index >= 15 is 0 Å². The number of carbonyl (C=O) groups excluding carboxylic acids is 1. The van der Waals surface area contributed by atoms with Crippen LogP contribution < -0.4 is 0 Å². The third-order valence-electron chi connectivity index (χ3n) is 1.15. The minimum Gasteiger partial charge on any atom is -0.467 e. The molecule has 0 aromatic carbocycles. The van der Waals surface area contributed by atoms with Crippen LogP contribution in [0, 0.1) is 0 Å². The van der Waals surface area contributed by atoms with Crippen LogP contribution in [0.15, 0.2) is 12.2 Å². The van der Waals surface area contributed by atoms with Crippen molar-refractivity contribution in [3.8, 4) is 0 Å². The van der Waals surface area contributed by atoms with Crippen molar-refractivity contribution in [1.29, 1.82) is 0 Å². The van der Waals surface area contributed by atoms with E-state index in [-0.39, 0.29) is 0 Å². The van der Waals surface area contributed by atoms with Crippen molar-refractivity contribution >= 4 is 5.97 Å². The molecule has 2 atom stereocenters. The Kier molecular flexibility index (Phi) is 5.27. The predicted molar refractivity (Wildman–Crippen MR) is 40.3 cm³/mol. The van der Waals surface area contributed by atoms with E-state index < -0.39 is 24.8 Å². The summed E-state index contributed by atoms with van der Waals surface area (Å²) in [5.41, 5.74) is 0. The number of carbonyl (C=O) groups is 1. The highest BCUT2D eigenvalue weighted by Gasteiger charge is 2.10. The van der Waals surface area contributed by atoms with Gasteiger partial charge in [0.2, 0.25) is 0 Å². The fourth-order valence-electron chi connectivity index (χ4n) is 0.494. The second-order valence-electron chi connectivity index (χ2n) is 2.10. The Morgan fingerprint density at radius 1 is 1.50 bits per heavy atom. The van der Waals surface area contributed by atoms with Crippen LogP contribution in [-0.4, -0.2) is 47.2 Å². The van der Waals surface area contributed by atoms with Crippen LogP contribution in [0.1, 0.15) is 0 Å². The van der Waals surface area contributed by atoms with Gasteiger partial charge < -0.3 is 20.1 Å². The van der Waals surface area contributed by atoms with Gasteiger partial charge in [-0.25, -0.2) is 4.79 Å². The van der Waals surface area contributed by atoms with Gasteiger partial charge in [-0.15, -0.1) is 0 Å². The van der Waals surface area contributed by atoms with Gasteiger partial charge in [-0.05, 0) is 6.08 Å². The minimum atomic E-state index is -1.39. The first-order valence-corrected chi connectivity index (χ1v) is 3.35. The van der Waals surface area contributed by atoms with E-state index in [1.807, 2.05) is 0 Å². The number of ether oxygens (including phenoxy) is 1. The average molecular weight is 176 g/mol. The first-order valence-electron chi connectivity index (χ1n) is 3.35. The van der Waals surface area contributed by atoms with E-state index in [0.29, 0.717) is 0 Å². The van der Waals surface area contributed by atoms with Crippen molar-refractivity contribution in [2.24, 2.45) is 0 Å². The SMILES string of the molecule is COC(=O)C(O)/C=C/C(O)CO. The van der Waals surface area contributed by atoms with E-state index in [2.05, 4.69) is 4.74 Å². The Balaban J connectivity index is 3.90. The molecule has 5 heteroatoms. The Morgan fingerprint density at radius 2 is 2.08 bits per heavy atom. The Labute approximate surface area is 69.9 Å². The highest BCUT2D eigenvalue weighted by molar-refractivity contribution is 5.76. The summed E-state index contributed by atoms with van der Waals surface area (Å²) in [6.07, 6.45) is -0.297. The van der Waals surface area contributed by atoms with Crippen LogP contribution in [0.4, 0.5) is 0 Å². The smallest absolute Gasteiger partial charge is 0.338 e. The van der Waals surface area contributed by atoms with Gasteiger partial charge in [0, 0.05) is 0 Å². The van der Waals surface area contributed by atoms with Gasteiger partial charge in [-0.2, -0.15) is 0 Å². The molecular weight excluding hydrogens is 164 g/mol. The molecule has 0 aromatic rings. The molecule has 12 heavy (non-hydrogen) atoms. The zero-order chi connectivity index (χ0) is 9.56. The molecule has 0 aromatic heterocycles. The van der Waals surface area contributed by atoms with Crippen LogP contribution in [0.2, 0.25) is 0 Å². The molecular formula is C7H12O5. The second-order valence-corrected chi connectivity index (χ2v) is 2.10. The van der Waals surface area contributed by atoms with Crippen LogP contribution in [0.25, 0.3) is 0 Å². The van der Waals surface area contributed by atoms with E-state index in [0.717, 1.165) is 19.3 Å². The Hall–Kier alpha value is -0.910. The predicted octanol–water partition coefficient (Wildman–Crippen LogP) is -1.57. The number of esters is 1. The summed E-state index contributed by atoms with van der Waals surface area (Å²) in [5.74, 6) is -0.809. The summed E-state index contributed by atoms with van der Waals surface area (Å²) < 4.78 is 4.19. The third kappa shape index (κ3) is 4.07. The second kappa shape index (κ2) is 5.70. The lowest BCUT2D eigenvalue weighted by molar-refractivity contribution is -0.147. The van der Waals surface area contributed by atoms with Crippen molar-refractivity contribution in [1.82, 2.24) is 0 Å². The van der Waals surface area contributed by atoms with Gasteiger partial charge in [0.1, 0.15) is 0 Å². The largest absolute Gasteiger partial charge is 0.467 e. The molecule has 0 aliphatic rings. The van der Waals surface area contributed by atoms with Crippen molar-refractivity contribution in [2.75, 3.05) is 13.7 Å². The minimum absolute atomic E-state index is 0.454. The zero-order valence-electron chi connectivity index (χ0n) is 6.67. The van der Waals surface area contributed by atoms with E-state index in [4.69, 9.17) is 15.3 Å². The molecule has 5 nitrogen and oxygen atoms in total. The lowest BCUT2D eigenvalue weighted by atomic mass is 10.2. The van der Waals surface area contributed by atoms with Crippen LogP contribution in [-0.2, 0) is 9.53 Å². The van der Waals surface area contributed by atoms with Crippen LogP contribution in [0.5, 0.6) is 0 Å². The molecule has 0 fully saturated rings. The van der Waals surface area contributed by atoms with E-state index in [9.17, 15) is 4.79 Å². The van der Waals surface area contributed by atoms with Crippen molar-refractivity contribution in [3.63, 3.8) is 0 Å². The number of aliphatic hydroxyl groups excluding tert-OH is 3. The van der Waals surface area contributed by atoms with Crippen molar-refractivity contribution in [3.05, 3.63) is 12.2 Å². The maximum absolute atomic E-state index is 10.5. The first kappa shape index (κ1) is 11.1. The molecule has 0 radical (unpaired) electrons. The van der Waals surface area contributed by atoms with Gasteiger partial charge in [0.25, 0.3) is 0 Å². The van der Waals surface area contributed by atoms with Gasteiger partial charge in [0.05, 0.1) is 19.8 Å². The molecule has 0 saturated heterocycles. The molecule has 0 amide bonds. The highest BCUT2D eigenvalue weighted by atomic mass is 16.5. The molecule has 0 aliphatic carbocycles. The molecule has 0 aliphatic heterocycles. The standard InChI is InChI=1S/C7H12O5/c1-12-7(11)6(10)3-2-5(9)4-8/h2-3,5-6,8-10H,4H2,1H3/b3-2+. The third-order valence-corrected chi connectivity index (χ3v) is 1.15. The summed E-state index contributed by atoms with van der Waals surface area (Å²) in [6, 6.07) is 0. The quantitative estimate of drug-likeness (QED) is 0.356. The van der Waals surface area contributed by atoms with Crippen molar-refractivity contribution in [2.45, 2.75) is 12.2 Å². The number of methoxy groups -OCH3 is 1. The lowest BCUT2D eigenvalue weighted by Crippen LogP contribution is -2.20. The first-order chi connectivity index (χ1) is 5.61. The summed E-state index contributed by atoms with van der Waals surface area (Å²) >= 11 is 0. The summed E-state index contributed by atoms with van der Waals surface area (Å²) in [5, 5.41) is 26.0. The molecule has 0 rings (SSSR count). The lowest BCUT2D eigenvalue weighted by Gasteiger charge is -2.03. The Morgan fingerprint density at radius 3 is 2.50 bits per heavy atom. The van der Waals surface area contributed by atoms with Crippen molar-refractivity contribution < 1.29 is 24.9 Å². The number of hydrogen-bond acceptors (Lipinski definition) is 5. The fraction of sp³-hybridized carbons (Fsp3) is 0.571. The number of hydrogen-bond donors (Lipinski definition) is 3. The fourth-order valence-corrected chi connectivity index (χ4v) is 0.494. The highest BCUT2D eigenvalue weighted by Crippen LogP contribution is 1.92. The van der Waals surface area contributed by atoms with Gasteiger partial charge >= 0.3 is 5.97 Å².